The monoisotopic (exact) mass is 385 g/mol. The van der Waals surface area contributed by atoms with Gasteiger partial charge in [-0.15, -0.1) is 0 Å². The van der Waals surface area contributed by atoms with Crippen LogP contribution in [-0.4, -0.2) is 21.6 Å². The molecule has 27 heavy (non-hydrogen) atoms. The molecule has 6 heteroatoms. The van der Waals surface area contributed by atoms with Crippen molar-refractivity contribution in [2.24, 2.45) is 0 Å². The summed E-state index contributed by atoms with van der Waals surface area (Å²) >= 11 is 5.87. The average Bonchev–Trinajstić information content (AvgIpc) is 2.94. The number of aromatic nitrogens is 2. The van der Waals surface area contributed by atoms with Gasteiger partial charge in [-0.2, -0.15) is 0 Å². The molecule has 1 amide bonds. The van der Waals surface area contributed by atoms with Crippen molar-refractivity contribution < 1.29 is 4.79 Å². The Bertz CT molecular complexity index is 973. The van der Waals surface area contributed by atoms with Crippen LogP contribution in [0.2, 0.25) is 5.02 Å². The smallest absolute Gasteiger partial charge is 0.329 e. The molecule has 0 radical (unpaired) electrons. The van der Waals surface area contributed by atoms with Gasteiger partial charge in [0.15, 0.2) is 0 Å². The van der Waals surface area contributed by atoms with E-state index < -0.39 is 0 Å². The molecular weight excluding hydrogens is 362 g/mol. The second-order valence-corrected chi connectivity index (χ2v) is 6.99. The first-order valence-electron chi connectivity index (χ1n) is 9.29. The van der Waals surface area contributed by atoms with E-state index in [1.807, 2.05) is 55.5 Å². The number of hydrogen-bond donors (Lipinski definition) is 1. The van der Waals surface area contributed by atoms with Gasteiger partial charge in [-0.3, -0.25) is 13.9 Å². The van der Waals surface area contributed by atoms with Crippen LogP contribution >= 0.6 is 11.6 Å². The van der Waals surface area contributed by atoms with E-state index in [-0.39, 0.29) is 18.0 Å². The van der Waals surface area contributed by atoms with Crippen molar-refractivity contribution in [2.75, 3.05) is 6.54 Å². The maximum absolute atomic E-state index is 12.7. The van der Waals surface area contributed by atoms with Crippen LogP contribution in [0.3, 0.4) is 0 Å². The maximum Gasteiger partial charge on any atom is 0.329 e. The molecule has 0 aliphatic heterocycles. The van der Waals surface area contributed by atoms with Gasteiger partial charge >= 0.3 is 5.69 Å². The highest BCUT2D eigenvalue weighted by Gasteiger charge is 2.13. The van der Waals surface area contributed by atoms with Crippen LogP contribution in [-0.2, 0) is 24.3 Å². The summed E-state index contributed by atoms with van der Waals surface area (Å²) < 4.78 is 3.48. The highest BCUT2D eigenvalue weighted by molar-refractivity contribution is 6.30. The molecule has 0 aliphatic carbocycles. The van der Waals surface area contributed by atoms with Gasteiger partial charge in [-0.05, 0) is 42.7 Å². The third kappa shape index (κ3) is 4.61. The molecule has 0 unspecified atom stereocenters. The minimum Gasteiger partial charge on any atom is -0.356 e. The quantitative estimate of drug-likeness (QED) is 0.644. The Morgan fingerprint density at radius 3 is 2.26 bits per heavy atom. The summed E-state index contributed by atoms with van der Waals surface area (Å²) in [6.45, 7) is 3.67. The normalized spacial score (nSPS) is 11.0. The Hall–Kier alpha value is -2.53. The number of carbonyl (C=O) groups excluding carboxylic acids is 1. The average molecular weight is 386 g/mol. The van der Waals surface area contributed by atoms with E-state index >= 15 is 0 Å². The zero-order chi connectivity index (χ0) is 19.2. The predicted octanol–water partition coefficient (Wildman–Crippen LogP) is 3.62. The fourth-order valence-corrected chi connectivity index (χ4v) is 3.35. The van der Waals surface area contributed by atoms with Crippen LogP contribution in [0, 0.1) is 0 Å². The van der Waals surface area contributed by atoms with Gasteiger partial charge in [0.1, 0.15) is 0 Å². The highest BCUT2D eigenvalue weighted by Crippen LogP contribution is 2.13. The fourth-order valence-electron chi connectivity index (χ4n) is 3.23. The Morgan fingerprint density at radius 1 is 1.00 bits per heavy atom. The SMILES string of the molecule is CCCn1c(=O)n(CCC(=O)NCCc2ccc(Cl)cc2)c2ccccc21. The molecular formula is C21H24ClN3O2. The van der Waals surface area contributed by atoms with Crippen molar-refractivity contribution in [2.45, 2.75) is 39.3 Å². The van der Waals surface area contributed by atoms with E-state index in [2.05, 4.69) is 5.32 Å². The topological polar surface area (TPSA) is 56.0 Å². The summed E-state index contributed by atoms with van der Waals surface area (Å²) in [7, 11) is 0. The van der Waals surface area contributed by atoms with Crippen molar-refractivity contribution in [3.63, 3.8) is 0 Å². The molecule has 1 heterocycles. The number of amides is 1. The van der Waals surface area contributed by atoms with Gasteiger partial charge in [-0.25, -0.2) is 4.79 Å². The summed E-state index contributed by atoms with van der Waals surface area (Å²) in [5.74, 6) is -0.0526. The van der Waals surface area contributed by atoms with Crippen LogP contribution < -0.4 is 11.0 Å². The van der Waals surface area contributed by atoms with Crippen molar-refractivity contribution in [3.05, 3.63) is 69.6 Å². The molecule has 142 valence electrons. The lowest BCUT2D eigenvalue weighted by molar-refractivity contribution is -0.121. The summed E-state index contributed by atoms with van der Waals surface area (Å²) in [4.78, 5) is 24.9. The first-order chi connectivity index (χ1) is 13.1. The summed E-state index contributed by atoms with van der Waals surface area (Å²) in [6, 6.07) is 15.3. The highest BCUT2D eigenvalue weighted by atomic mass is 35.5. The van der Waals surface area contributed by atoms with E-state index in [0.717, 1.165) is 29.4 Å². The predicted molar refractivity (Wildman–Crippen MR) is 109 cm³/mol. The number of para-hydroxylation sites is 2. The van der Waals surface area contributed by atoms with Gasteiger partial charge in [0.2, 0.25) is 5.91 Å². The lowest BCUT2D eigenvalue weighted by atomic mass is 10.1. The molecule has 0 saturated heterocycles. The number of rotatable bonds is 8. The van der Waals surface area contributed by atoms with E-state index in [9.17, 15) is 9.59 Å². The largest absolute Gasteiger partial charge is 0.356 e. The van der Waals surface area contributed by atoms with Gasteiger partial charge in [0.05, 0.1) is 11.0 Å². The molecule has 1 aromatic heterocycles. The number of nitrogens with zero attached hydrogens (tertiary/aromatic N) is 2. The van der Waals surface area contributed by atoms with Crippen LogP contribution in [0.15, 0.2) is 53.3 Å². The Morgan fingerprint density at radius 2 is 1.63 bits per heavy atom. The van der Waals surface area contributed by atoms with Gasteiger partial charge < -0.3 is 5.32 Å². The zero-order valence-electron chi connectivity index (χ0n) is 15.5. The number of imidazole rings is 1. The van der Waals surface area contributed by atoms with Crippen LogP contribution in [0.25, 0.3) is 11.0 Å². The molecule has 3 rings (SSSR count). The van der Waals surface area contributed by atoms with Gasteiger partial charge in [-0.1, -0.05) is 42.8 Å². The number of carbonyl (C=O) groups is 1. The molecule has 2 aromatic carbocycles. The standard InChI is InChI=1S/C21H24ClN3O2/c1-2-14-24-18-5-3-4-6-19(18)25(21(24)27)15-12-20(26)23-13-11-16-7-9-17(22)10-8-16/h3-10H,2,11-15H2,1H3,(H,23,26). The van der Waals surface area contributed by atoms with Gasteiger partial charge in [0.25, 0.3) is 0 Å². The fraction of sp³-hybridized carbons (Fsp3) is 0.333. The lowest BCUT2D eigenvalue weighted by Gasteiger charge is -2.06. The number of fused-ring (bicyclic) bond motifs is 1. The van der Waals surface area contributed by atoms with E-state index in [1.165, 1.54) is 0 Å². The van der Waals surface area contributed by atoms with Crippen molar-refractivity contribution in [3.8, 4) is 0 Å². The van der Waals surface area contributed by atoms with Crippen LogP contribution in [0.1, 0.15) is 25.3 Å². The Kier molecular flexibility index (Phi) is 6.35. The molecule has 0 spiro atoms. The number of benzene rings is 2. The third-order valence-corrected chi connectivity index (χ3v) is 4.84. The molecule has 5 nitrogen and oxygen atoms in total. The summed E-state index contributed by atoms with van der Waals surface area (Å²) in [6.07, 6.45) is 1.92. The molecule has 1 N–H and O–H groups in total. The number of halogens is 1. The first kappa shape index (κ1) is 19.2. The van der Waals surface area contributed by atoms with E-state index in [0.29, 0.717) is 24.7 Å². The Balaban J connectivity index is 1.59. The third-order valence-electron chi connectivity index (χ3n) is 4.58. The van der Waals surface area contributed by atoms with Crippen molar-refractivity contribution in [1.82, 2.24) is 14.5 Å². The zero-order valence-corrected chi connectivity index (χ0v) is 16.2. The molecule has 0 aliphatic rings. The second-order valence-electron chi connectivity index (χ2n) is 6.55. The lowest BCUT2D eigenvalue weighted by Crippen LogP contribution is -2.29. The Labute approximate surface area is 163 Å². The number of nitrogens with one attached hydrogen (secondary N) is 1. The van der Waals surface area contributed by atoms with Crippen molar-refractivity contribution >= 4 is 28.5 Å². The molecule has 3 aromatic rings. The number of hydrogen-bond acceptors (Lipinski definition) is 2. The minimum atomic E-state index is -0.0526. The summed E-state index contributed by atoms with van der Waals surface area (Å²) in [5, 5.41) is 3.63. The molecule has 0 bridgehead atoms. The van der Waals surface area contributed by atoms with E-state index in [4.69, 9.17) is 11.6 Å². The molecule has 0 fully saturated rings. The number of aryl methyl sites for hydroxylation is 2. The van der Waals surface area contributed by atoms with Gasteiger partial charge in [0, 0.05) is 31.1 Å². The minimum absolute atomic E-state index is 0.0491. The van der Waals surface area contributed by atoms with E-state index in [1.54, 1.807) is 9.13 Å². The molecule has 0 atom stereocenters. The van der Waals surface area contributed by atoms with Crippen molar-refractivity contribution in [1.29, 1.82) is 0 Å². The van der Waals surface area contributed by atoms with Crippen LogP contribution in [0.5, 0.6) is 0 Å². The first-order valence-corrected chi connectivity index (χ1v) is 9.67. The maximum atomic E-state index is 12.7. The van der Waals surface area contributed by atoms with Crippen LogP contribution in [0.4, 0.5) is 0 Å². The second kappa shape index (κ2) is 8.91. The molecule has 0 saturated carbocycles. The summed E-state index contributed by atoms with van der Waals surface area (Å²) in [5.41, 5.74) is 2.88.